The Balaban J connectivity index is 1.85. The standard InChI is InChI=1S/C16H21N3O/c1-2-19(13-8-4-3-5-9-13)16(20)14-12-18-11-7-6-10-15(18)17-14/h6-7,10-13H,2-5,8-9H2,1H3. The number of pyridine rings is 1. The van der Waals surface area contributed by atoms with Crippen LogP contribution < -0.4 is 0 Å². The molecule has 4 nitrogen and oxygen atoms in total. The van der Waals surface area contributed by atoms with Crippen molar-refractivity contribution in [2.24, 2.45) is 0 Å². The molecule has 106 valence electrons. The third kappa shape index (κ3) is 2.42. The minimum absolute atomic E-state index is 0.0723. The minimum atomic E-state index is 0.0723. The van der Waals surface area contributed by atoms with Crippen molar-refractivity contribution in [2.75, 3.05) is 6.54 Å². The normalized spacial score (nSPS) is 16.4. The summed E-state index contributed by atoms with van der Waals surface area (Å²) in [5.41, 5.74) is 1.39. The van der Waals surface area contributed by atoms with Gasteiger partial charge in [-0.2, -0.15) is 0 Å². The van der Waals surface area contributed by atoms with E-state index in [1.54, 1.807) is 0 Å². The van der Waals surface area contributed by atoms with Crippen LogP contribution in [0.3, 0.4) is 0 Å². The van der Waals surface area contributed by atoms with Crippen LogP contribution in [0.25, 0.3) is 5.65 Å². The molecule has 0 unspecified atom stereocenters. The Bertz CT molecular complexity index is 566. The SMILES string of the molecule is CCN(C(=O)c1cn2ccccc2n1)C1CCCCC1. The largest absolute Gasteiger partial charge is 0.335 e. The van der Waals surface area contributed by atoms with Crippen LogP contribution >= 0.6 is 0 Å². The smallest absolute Gasteiger partial charge is 0.274 e. The molecule has 0 saturated heterocycles. The average Bonchev–Trinajstić information content (AvgIpc) is 2.93. The first-order valence-electron chi connectivity index (χ1n) is 7.54. The summed E-state index contributed by atoms with van der Waals surface area (Å²) < 4.78 is 1.90. The fourth-order valence-electron chi connectivity index (χ4n) is 3.15. The topological polar surface area (TPSA) is 37.6 Å². The van der Waals surface area contributed by atoms with Crippen LogP contribution in [0.1, 0.15) is 49.5 Å². The highest BCUT2D eigenvalue weighted by atomic mass is 16.2. The Morgan fingerprint density at radius 1 is 1.35 bits per heavy atom. The molecule has 3 rings (SSSR count). The first kappa shape index (κ1) is 13.2. The summed E-state index contributed by atoms with van der Waals surface area (Å²) in [6, 6.07) is 6.20. The number of carbonyl (C=O) groups excluding carboxylic acids is 1. The molecule has 0 radical (unpaired) electrons. The van der Waals surface area contributed by atoms with Crippen molar-refractivity contribution in [3.63, 3.8) is 0 Å². The molecule has 1 amide bonds. The summed E-state index contributed by atoms with van der Waals surface area (Å²) in [5, 5.41) is 0. The molecule has 2 aromatic rings. The van der Waals surface area contributed by atoms with Crippen LogP contribution in [0.4, 0.5) is 0 Å². The van der Waals surface area contributed by atoms with Crippen molar-refractivity contribution in [1.82, 2.24) is 14.3 Å². The number of nitrogens with zero attached hydrogens (tertiary/aromatic N) is 3. The van der Waals surface area contributed by atoms with Crippen molar-refractivity contribution in [2.45, 2.75) is 45.1 Å². The lowest BCUT2D eigenvalue weighted by Gasteiger charge is -2.33. The molecule has 1 fully saturated rings. The van der Waals surface area contributed by atoms with E-state index in [0.717, 1.165) is 25.0 Å². The number of rotatable bonds is 3. The quantitative estimate of drug-likeness (QED) is 0.860. The van der Waals surface area contributed by atoms with Gasteiger partial charge >= 0.3 is 0 Å². The Labute approximate surface area is 119 Å². The predicted molar refractivity (Wildman–Crippen MR) is 78.8 cm³/mol. The van der Waals surface area contributed by atoms with Gasteiger partial charge in [-0.25, -0.2) is 4.98 Å². The van der Waals surface area contributed by atoms with Crippen LogP contribution in [-0.4, -0.2) is 32.8 Å². The van der Waals surface area contributed by atoms with Gasteiger partial charge in [0, 0.05) is 25.0 Å². The van der Waals surface area contributed by atoms with Crippen LogP contribution in [0.2, 0.25) is 0 Å². The molecular formula is C16H21N3O. The van der Waals surface area contributed by atoms with Crippen molar-refractivity contribution in [1.29, 1.82) is 0 Å². The molecule has 20 heavy (non-hydrogen) atoms. The maximum atomic E-state index is 12.7. The van der Waals surface area contributed by atoms with E-state index in [1.165, 1.54) is 19.3 Å². The first-order valence-corrected chi connectivity index (χ1v) is 7.54. The number of fused-ring (bicyclic) bond motifs is 1. The summed E-state index contributed by atoms with van der Waals surface area (Å²) in [6.07, 6.45) is 9.80. The van der Waals surface area contributed by atoms with Gasteiger partial charge in [0.05, 0.1) is 0 Å². The van der Waals surface area contributed by atoms with Gasteiger partial charge in [0.15, 0.2) is 0 Å². The Morgan fingerprint density at radius 2 is 2.15 bits per heavy atom. The first-order chi connectivity index (χ1) is 9.79. The molecule has 1 aliphatic carbocycles. The number of imidazole rings is 1. The van der Waals surface area contributed by atoms with Crippen LogP contribution in [0.15, 0.2) is 30.6 Å². The molecule has 1 aliphatic rings. The van der Waals surface area contributed by atoms with Crippen LogP contribution in [-0.2, 0) is 0 Å². The van der Waals surface area contributed by atoms with Gasteiger partial charge in [0.25, 0.3) is 5.91 Å². The maximum absolute atomic E-state index is 12.7. The number of aromatic nitrogens is 2. The van der Waals surface area contributed by atoms with E-state index in [9.17, 15) is 4.79 Å². The third-order valence-corrected chi connectivity index (χ3v) is 4.20. The third-order valence-electron chi connectivity index (χ3n) is 4.20. The van der Waals surface area contributed by atoms with Gasteiger partial charge in [-0.3, -0.25) is 4.79 Å². The van der Waals surface area contributed by atoms with E-state index in [-0.39, 0.29) is 5.91 Å². The summed E-state index contributed by atoms with van der Waals surface area (Å²) in [7, 11) is 0. The zero-order chi connectivity index (χ0) is 13.9. The highest BCUT2D eigenvalue weighted by molar-refractivity contribution is 5.93. The number of hydrogen-bond acceptors (Lipinski definition) is 2. The van der Waals surface area contributed by atoms with Gasteiger partial charge < -0.3 is 9.30 Å². The molecule has 1 saturated carbocycles. The lowest BCUT2D eigenvalue weighted by Crippen LogP contribution is -2.41. The van der Waals surface area contributed by atoms with Crippen molar-refractivity contribution in [3.8, 4) is 0 Å². The lowest BCUT2D eigenvalue weighted by atomic mass is 9.94. The summed E-state index contributed by atoms with van der Waals surface area (Å²) in [5.74, 6) is 0.0723. The maximum Gasteiger partial charge on any atom is 0.274 e. The van der Waals surface area contributed by atoms with E-state index in [4.69, 9.17) is 0 Å². The van der Waals surface area contributed by atoms with Gasteiger partial charge in [-0.15, -0.1) is 0 Å². The van der Waals surface area contributed by atoms with Crippen molar-refractivity contribution in [3.05, 3.63) is 36.3 Å². The lowest BCUT2D eigenvalue weighted by molar-refractivity contribution is 0.0642. The van der Waals surface area contributed by atoms with Crippen LogP contribution in [0.5, 0.6) is 0 Å². The molecule has 0 spiro atoms. The Kier molecular flexibility index (Phi) is 3.72. The van der Waals surface area contributed by atoms with Crippen LogP contribution in [0, 0.1) is 0 Å². The monoisotopic (exact) mass is 271 g/mol. The fourth-order valence-corrected chi connectivity index (χ4v) is 3.15. The second kappa shape index (κ2) is 5.65. The molecule has 2 aromatic heterocycles. The van der Waals surface area contributed by atoms with E-state index in [2.05, 4.69) is 11.9 Å². The fraction of sp³-hybridized carbons (Fsp3) is 0.500. The van der Waals surface area contributed by atoms with Gasteiger partial charge in [0.1, 0.15) is 11.3 Å². The molecule has 0 aromatic carbocycles. The predicted octanol–water partition coefficient (Wildman–Crippen LogP) is 3.13. The van der Waals surface area contributed by atoms with E-state index in [1.807, 2.05) is 39.9 Å². The van der Waals surface area contributed by atoms with E-state index < -0.39 is 0 Å². The Hall–Kier alpha value is -1.84. The molecule has 2 heterocycles. The molecule has 0 aliphatic heterocycles. The summed E-state index contributed by atoms with van der Waals surface area (Å²) >= 11 is 0. The zero-order valence-electron chi connectivity index (χ0n) is 12.0. The molecular weight excluding hydrogens is 250 g/mol. The minimum Gasteiger partial charge on any atom is -0.335 e. The zero-order valence-corrected chi connectivity index (χ0v) is 12.0. The average molecular weight is 271 g/mol. The van der Waals surface area contributed by atoms with E-state index >= 15 is 0 Å². The molecule has 4 heteroatoms. The molecule has 0 N–H and O–H groups in total. The van der Waals surface area contributed by atoms with Crippen molar-refractivity contribution < 1.29 is 4.79 Å². The number of carbonyl (C=O) groups is 1. The highest BCUT2D eigenvalue weighted by Gasteiger charge is 2.26. The molecule has 0 bridgehead atoms. The van der Waals surface area contributed by atoms with Gasteiger partial charge in [-0.05, 0) is 31.9 Å². The number of amides is 1. The van der Waals surface area contributed by atoms with E-state index in [0.29, 0.717) is 11.7 Å². The second-order valence-corrected chi connectivity index (χ2v) is 5.48. The van der Waals surface area contributed by atoms with Crippen molar-refractivity contribution >= 4 is 11.6 Å². The highest BCUT2D eigenvalue weighted by Crippen LogP contribution is 2.23. The Morgan fingerprint density at radius 3 is 2.85 bits per heavy atom. The summed E-state index contributed by atoms with van der Waals surface area (Å²) in [4.78, 5) is 19.1. The number of hydrogen-bond donors (Lipinski definition) is 0. The second-order valence-electron chi connectivity index (χ2n) is 5.48. The summed E-state index contributed by atoms with van der Waals surface area (Å²) in [6.45, 7) is 2.82. The van der Waals surface area contributed by atoms with Gasteiger partial charge in [0.2, 0.25) is 0 Å². The molecule has 0 atom stereocenters. The van der Waals surface area contributed by atoms with Gasteiger partial charge in [-0.1, -0.05) is 25.3 Å².